The molecule has 1 aliphatic carbocycles. The van der Waals surface area contributed by atoms with Crippen LogP contribution in [0.3, 0.4) is 0 Å². The van der Waals surface area contributed by atoms with E-state index in [-0.39, 0.29) is 6.04 Å². The SMILES string of the molecule is COc1ccc2c(c1)CCC2N(O)C(N)=O. The average Bonchev–Trinajstić information content (AvgIpc) is 2.70. The maximum Gasteiger partial charge on any atom is 0.339 e. The van der Waals surface area contributed by atoms with Crippen molar-refractivity contribution < 1.29 is 14.7 Å². The molecular formula is C11H14N2O3. The van der Waals surface area contributed by atoms with E-state index >= 15 is 0 Å². The van der Waals surface area contributed by atoms with Crippen molar-refractivity contribution >= 4 is 6.03 Å². The highest BCUT2D eigenvalue weighted by Crippen LogP contribution is 2.36. The van der Waals surface area contributed by atoms with Gasteiger partial charge < -0.3 is 10.5 Å². The molecule has 0 fully saturated rings. The highest BCUT2D eigenvalue weighted by Gasteiger charge is 2.29. The van der Waals surface area contributed by atoms with Crippen molar-refractivity contribution in [2.75, 3.05) is 7.11 Å². The van der Waals surface area contributed by atoms with Crippen LogP contribution in [0.2, 0.25) is 0 Å². The minimum absolute atomic E-state index is 0.335. The molecule has 2 rings (SSSR count). The average molecular weight is 222 g/mol. The molecule has 0 saturated carbocycles. The van der Waals surface area contributed by atoms with Crippen molar-refractivity contribution in [3.05, 3.63) is 29.3 Å². The largest absolute Gasteiger partial charge is 0.497 e. The summed E-state index contributed by atoms with van der Waals surface area (Å²) in [5.74, 6) is 0.781. The highest BCUT2D eigenvalue weighted by molar-refractivity contribution is 5.71. The summed E-state index contributed by atoms with van der Waals surface area (Å²) in [6, 6.07) is 4.43. The van der Waals surface area contributed by atoms with E-state index in [0.29, 0.717) is 11.5 Å². The van der Waals surface area contributed by atoms with Crippen molar-refractivity contribution in [1.29, 1.82) is 0 Å². The van der Waals surface area contributed by atoms with Crippen LogP contribution in [0.4, 0.5) is 4.79 Å². The van der Waals surface area contributed by atoms with Crippen molar-refractivity contribution in [1.82, 2.24) is 5.06 Å². The number of ether oxygens (including phenoxy) is 1. The van der Waals surface area contributed by atoms with Crippen molar-refractivity contribution in [3.8, 4) is 5.75 Å². The van der Waals surface area contributed by atoms with Gasteiger partial charge in [-0.2, -0.15) is 5.06 Å². The Morgan fingerprint density at radius 3 is 3.00 bits per heavy atom. The summed E-state index contributed by atoms with van der Waals surface area (Å²) >= 11 is 0. The number of amides is 2. The number of carbonyl (C=O) groups excluding carboxylic acids is 1. The normalized spacial score (nSPS) is 18.0. The Kier molecular flexibility index (Phi) is 2.70. The number of hydroxylamine groups is 2. The number of hydrogen-bond acceptors (Lipinski definition) is 3. The van der Waals surface area contributed by atoms with E-state index in [0.717, 1.165) is 23.3 Å². The van der Waals surface area contributed by atoms with E-state index in [4.69, 9.17) is 10.5 Å². The molecule has 1 atom stereocenters. The Hall–Kier alpha value is -1.75. The Balaban J connectivity index is 2.30. The van der Waals surface area contributed by atoms with Gasteiger partial charge in [0.1, 0.15) is 5.75 Å². The van der Waals surface area contributed by atoms with Crippen LogP contribution in [0, 0.1) is 0 Å². The molecule has 1 aromatic carbocycles. The summed E-state index contributed by atoms with van der Waals surface area (Å²) in [6.07, 6.45) is 1.49. The zero-order chi connectivity index (χ0) is 11.7. The molecule has 5 heteroatoms. The third-order valence-corrected chi connectivity index (χ3v) is 2.92. The van der Waals surface area contributed by atoms with E-state index < -0.39 is 6.03 Å². The van der Waals surface area contributed by atoms with E-state index in [2.05, 4.69) is 0 Å². The zero-order valence-corrected chi connectivity index (χ0v) is 9.01. The predicted molar refractivity (Wildman–Crippen MR) is 57.3 cm³/mol. The van der Waals surface area contributed by atoms with Gasteiger partial charge in [-0.1, -0.05) is 6.07 Å². The van der Waals surface area contributed by atoms with Gasteiger partial charge in [-0.25, -0.2) is 4.79 Å². The lowest BCUT2D eigenvalue weighted by Crippen LogP contribution is -2.35. The van der Waals surface area contributed by atoms with Crippen LogP contribution in [-0.2, 0) is 6.42 Å². The first-order valence-electron chi connectivity index (χ1n) is 5.08. The quantitative estimate of drug-likeness (QED) is 0.587. The molecule has 0 heterocycles. The summed E-state index contributed by atoms with van der Waals surface area (Å²) in [5, 5.41) is 10.1. The van der Waals surface area contributed by atoms with Crippen molar-refractivity contribution in [2.24, 2.45) is 5.73 Å². The first-order chi connectivity index (χ1) is 7.63. The van der Waals surface area contributed by atoms with Gasteiger partial charge in [-0.05, 0) is 36.1 Å². The fourth-order valence-electron chi connectivity index (χ4n) is 2.11. The molecule has 2 amide bonds. The number of urea groups is 1. The number of nitrogens with two attached hydrogens (primary N) is 1. The van der Waals surface area contributed by atoms with Gasteiger partial charge in [0.2, 0.25) is 0 Å². The molecule has 0 radical (unpaired) electrons. The predicted octanol–water partition coefficient (Wildman–Crippen LogP) is 1.45. The Labute approximate surface area is 93.4 Å². The topological polar surface area (TPSA) is 75.8 Å². The third kappa shape index (κ3) is 1.69. The lowest BCUT2D eigenvalue weighted by molar-refractivity contribution is -0.0757. The number of fused-ring (bicyclic) bond motifs is 1. The minimum atomic E-state index is -0.825. The third-order valence-electron chi connectivity index (χ3n) is 2.92. The van der Waals surface area contributed by atoms with Crippen LogP contribution in [0.1, 0.15) is 23.6 Å². The first kappa shape index (κ1) is 10.8. The number of primary amides is 1. The minimum Gasteiger partial charge on any atom is -0.497 e. The maximum absolute atomic E-state index is 10.9. The molecule has 0 aliphatic heterocycles. The summed E-state index contributed by atoms with van der Waals surface area (Å²) in [6.45, 7) is 0. The van der Waals surface area contributed by atoms with Crippen molar-refractivity contribution in [3.63, 3.8) is 0 Å². The standard InChI is InChI=1S/C11H14N2O3/c1-16-8-3-4-9-7(6-8)2-5-10(9)13(15)11(12)14/h3-4,6,10,15H,2,5H2,1H3,(H2,12,14). The fourth-order valence-corrected chi connectivity index (χ4v) is 2.11. The number of carbonyl (C=O) groups is 1. The van der Waals surface area contributed by atoms with Crippen LogP contribution in [0.25, 0.3) is 0 Å². The van der Waals surface area contributed by atoms with Crippen LogP contribution < -0.4 is 10.5 Å². The number of benzene rings is 1. The number of rotatable bonds is 2. The second kappa shape index (κ2) is 4.02. The van der Waals surface area contributed by atoms with Gasteiger partial charge >= 0.3 is 6.03 Å². The molecule has 0 saturated heterocycles. The van der Waals surface area contributed by atoms with E-state index in [9.17, 15) is 10.0 Å². The number of aryl methyl sites for hydroxylation is 1. The molecule has 0 bridgehead atoms. The smallest absolute Gasteiger partial charge is 0.339 e. The summed E-state index contributed by atoms with van der Waals surface area (Å²) in [5.41, 5.74) is 7.06. The molecule has 1 aliphatic rings. The highest BCUT2D eigenvalue weighted by atomic mass is 16.5. The van der Waals surface area contributed by atoms with Gasteiger partial charge in [0.05, 0.1) is 13.2 Å². The Morgan fingerprint density at radius 2 is 2.38 bits per heavy atom. The lowest BCUT2D eigenvalue weighted by atomic mass is 10.1. The fraction of sp³-hybridized carbons (Fsp3) is 0.364. The molecule has 1 unspecified atom stereocenters. The second-order valence-corrected chi connectivity index (χ2v) is 3.80. The van der Waals surface area contributed by atoms with Crippen molar-refractivity contribution in [2.45, 2.75) is 18.9 Å². The molecular weight excluding hydrogens is 208 g/mol. The lowest BCUT2D eigenvalue weighted by Gasteiger charge is -2.20. The Morgan fingerprint density at radius 1 is 1.62 bits per heavy atom. The molecule has 16 heavy (non-hydrogen) atoms. The van der Waals surface area contributed by atoms with Crippen LogP contribution in [0.5, 0.6) is 5.75 Å². The molecule has 1 aromatic rings. The monoisotopic (exact) mass is 222 g/mol. The zero-order valence-electron chi connectivity index (χ0n) is 9.01. The van der Waals surface area contributed by atoms with E-state index in [1.165, 1.54) is 0 Å². The first-order valence-corrected chi connectivity index (χ1v) is 5.08. The molecule has 5 nitrogen and oxygen atoms in total. The maximum atomic E-state index is 10.9. The number of methoxy groups -OCH3 is 1. The molecule has 3 N–H and O–H groups in total. The van der Waals surface area contributed by atoms with Crippen LogP contribution >= 0.6 is 0 Å². The van der Waals surface area contributed by atoms with Crippen LogP contribution in [-0.4, -0.2) is 23.4 Å². The van der Waals surface area contributed by atoms with Gasteiger partial charge in [-0.15, -0.1) is 0 Å². The van der Waals surface area contributed by atoms with Gasteiger partial charge in [-0.3, -0.25) is 5.21 Å². The number of hydrogen-bond donors (Lipinski definition) is 2. The van der Waals surface area contributed by atoms with Gasteiger partial charge in [0, 0.05) is 0 Å². The number of nitrogens with zero attached hydrogens (tertiary/aromatic N) is 1. The van der Waals surface area contributed by atoms with Gasteiger partial charge in [0.15, 0.2) is 0 Å². The second-order valence-electron chi connectivity index (χ2n) is 3.80. The molecule has 86 valence electrons. The van der Waals surface area contributed by atoms with Gasteiger partial charge in [0.25, 0.3) is 0 Å². The Bertz CT molecular complexity index is 420. The summed E-state index contributed by atoms with van der Waals surface area (Å²) in [4.78, 5) is 10.9. The summed E-state index contributed by atoms with van der Waals surface area (Å²) in [7, 11) is 1.61. The van der Waals surface area contributed by atoms with E-state index in [1.807, 2.05) is 18.2 Å². The van der Waals surface area contributed by atoms with Crippen LogP contribution in [0.15, 0.2) is 18.2 Å². The van der Waals surface area contributed by atoms with E-state index in [1.54, 1.807) is 7.11 Å². The summed E-state index contributed by atoms with van der Waals surface area (Å²) < 4.78 is 5.11. The molecule has 0 spiro atoms. The molecule has 0 aromatic heterocycles.